The fourth-order valence-electron chi connectivity index (χ4n) is 5.21. The van der Waals surface area contributed by atoms with Crippen LogP contribution in [0.2, 0.25) is 0 Å². The molecule has 0 radical (unpaired) electrons. The van der Waals surface area contributed by atoms with Crippen molar-refractivity contribution in [3.63, 3.8) is 0 Å². The zero-order chi connectivity index (χ0) is 22.6. The second-order valence-corrected chi connectivity index (χ2v) is 9.62. The lowest BCUT2D eigenvalue weighted by molar-refractivity contribution is 0.0601. The van der Waals surface area contributed by atoms with Crippen molar-refractivity contribution in [2.24, 2.45) is 5.92 Å². The number of aryl methyl sites for hydroxylation is 3. The van der Waals surface area contributed by atoms with E-state index in [1.807, 2.05) is 12.1 Å². The van der Waals surface area contributed by atoms with E-state index in [1.165, 1.54) is 62.5 Å². The minimum absolute atomic E-state index is 0.299. The Kier molecular flexibility index (Phi) is 6.53. The average Bonchev–Trinajstić information content (AvgIpc) is 3.62. The number of hydrogen-bond acceptors (Lipinski definition) is 6. The highest BCUT2D eigenvalue weighted by atomic mass is 32.1. The summed E-state index contributed by atoms with van der Waals surface area (Å²) in [5, 5.41) is 20.0. The molecule has 3 aromatic heterocycles. The number of aromatic nitrogens is 5. The Morgan fingerprint density at radius 1 is 1.21 bits per heavy atom. The number of aromatic amines is 1. The predicted molar refractivity (Wildman–Crippen MR) is 129 cm³/mol. The second kappa shape index (κ2) is 9.87. The van der Waals surface area contributed by atoms with Crippen LogP contribution in [0.1, 0.15) is 60.3 Å². The van der Waals surface area contributed by atoms with Crippen LogP contribution in [0.4, 0.5) is 0 Å². The Morgan fingerprint density at radius 3 is 2.82 bits per heavy atom. The van der Waals surface area contributed by atoms with Gasteiger partial charge in [0.1, 0.15) is 0 Å². The van der Waals surface area contributed by atoms with Gasteiger partial charge in [-0.2, -0.15) is 16.6 Å². The van der Waals surface area contributed by atoms with E-state index in [2.05, 4.69) is 48.1 Å². The number of nitrogens with zero attached hydrogens (tertiary/aromatic N) is 4. The van der Waals surface area contributed by atoms with Crippen molar-refractivity contribution in [2.75, 3.05) is 7.11 Å². The highest BCUT2D eigenvalue weighted by Gasteiger charge is 2.22. The van der Waals surface area contributed by atoms with Crippen molar-refractivity contribution in [3.05, 3.63) is 52.0 Å². The Labute approximate surface area is 197 Å². The zero-order valence-electron chi connectivity index (χ0n) is 18.9. The molecule has 3 heterocycles. The molecule has 0 atom stereocenters. The van der Waals surface area contributed by atoms with Crippen molar-refractivity contribution < 1.29 is 9.53 Å². The van der Waals surface area contributed by atoms with Gasteiger partial charge >= 0.3 is 5.97 Å². The third-order valence-corrected chi connectivity index (χ3v) is 7.54. The summed E-state index contributed by atoms with van der Waals surface area (Å²) in [5.41, 5.74) is 5.52. The quantitative estimate of drug-likeness (QED) is 0.352. The number of esters is 1. The molecule has 7 nitrogen and oxygen atoms in total. The maximum Gasteiger partial charge on any atom is 0.337 e. The van der Waals surface area contributed by atoms with Gasteiger partial charge in [0.05, 0.1) is 18.4 Å². The lowest BCUT2D eigenvalue weighted by Crippen LogP contribution is -2.08. The number of methoxy groups -OCH3 is 1. The van der Waals surface area contributed by atoms with Crippen molar-refractivity contribution in [2.45, 2.75) is 57.9 Å². The summed E-state index contributed by atoms with van der Waals surface area (Å²) in [4.78, 5) is 12.3. The predicted octanol–water partition coefficient (Wildman–Crippen LogP) is 5.43. The summed E-state index contributed by atoms with van der Waals surface area (Å²) < 4.78 is 7.38. The van der Waals surface area contributed by atoms with Crippen LogP contribution in [-0.2, 0) is 24.1 Å². The van der Waals surface area contributed by atoms with Crippen molar-refractivity contribution in [1.82, 2.24) is 25.2 Å². The van der Waals surface area contributed by atoms with E-state index in [-0.39, 0.29) is 5.97 Å². The lowest BCUT2D eigenvalue weighted by atomic mass is 9.84. The van der Waals surface area contributed by atoms with Crippen molar-refractivity contribution >= 4 is 28.2 Å². The van der Waals surface area contributed by atoms with Crippen LogP contribution in [0.5, 0.6) is 0 Å². The molecule has 1 N–H and O–H groups in total. The molecule has 4 aromatic rings. The first kappa shape index (κ1) is 21.8. The first-order valence-electron chi connectivity index (χ1n) is 11.7. The SMILES string of the molecule is COC(=O)c1ccc2c(c1)c(CCC1CCCCC1)c(-c1ccsc1)n2CCc1nn[nH]n1. The molecule has 1 fully saturated rings. The summed E-state index contributed by atoms with van der Waals surface area (Å²) in [6.45, 7) is 0.738. The highest BCUT2D eigenvalue weighted by molar-refractivity contribution is 7.08. The number of H-pyrrole nitrogens is 1. The van der Waals surface area contributed by atoms with Crippen LogP contribution in [0.15, 0.2) is 35.0 Å². The first-order valence-corrected chi connectivity index (χ1v) is 12.7. The Hall–Kier alpha value is -3.00. The summed E-state index contributed by atoms with van der Waals surface area (Å²) in [5.74, 6) is 1.19. The molecule has 0 unspecified atom stereocenters. The Morgan fingerprint density at radius 2 is 2.09 bits per heavy atom. The van der Waals surface area contributed by atoms with Crippen LogP contribution >= 0.6 is 11.3 Å². The molecular formula is C25H29N5O2S. The van der Waals surface area contributed by atoms with Gasteiger partial charge in [0, 0.05) is 34.8 Å². The number of hydrogen-bond donors (Lipinski definition) is 1. The molecule has 1 saturated carbocycles. The number of nitrogens with one attached hydrogen (secondary N) is 1. The van der Waals surface area contributed by atoms with E-state index >= 15 is 0 Å². The van der Waals surface area contributed by atoms with Crippen molar-refractivity contribution in [1.29, 1.82) is 0 Å². The fourth-order valence-corrected chi connectivity index (χ4v) is 5.85. The molecule has 172 valence electrons. The van der Waals surface area contributed by atoms with Gasteiger partial charge in [0.2, 0.25) is 0 Å². The number of tetrazole rings is 1. The highest BCUT2D eigenvalue weighted by Crippen LogP contribution is 2.38. The number of thiophene rings is 1. The Bertz CT molecular complexity index is 1210. The number of fused-ring (bicyclic) bond motifs is 1. The zero-order valence-corrected chi connectivity index (χ0v) is 19.7. The normalized spacial score (nSPS) is 14.7. The van der Waals surface area contributed by atoms with Gasteiger partial charge in [-0.05, 0) is 54.0 Å². The van der Waals surface area contributed by atoms with E-state index in [4.69, 9.17) is 4.74 Å². The smallest absolute Gasteiger partial charge is 0.337 e. The molecule has 0 aliphatic heterocycles. The second-order valence-electron chi connectivity index (χ2n) is 8.84. The first-order chi connectivity index (χ1) is 16.2. The van der Waals surface area contributed by atoms with Gasteiger partial charge in [0.15, 0.2) is 5.82 Å². The summed E-state index contributed by atoms with van der Waals surface area (Å²) in [6.07, 6.45) is 9.60. The van der Waals surface area contributed by atoms with Gasteiger partial charge in [-0.1, -0.05) is 37.3 Å². The third kappa shape index (κ3) is 4.57. The molecular weight excluding hydrogens is 434 g/mol. The molecule has 0 saturated heterocycles. The van der Waals surface area contributed by atoms with E-state index < -0.39 is 0 Å². The minimum Gasteiger partial charge on any atom is -0.465 e. The number of carbonyl (C=O) groups is 1. The molecule has 0 bridgehead atoms. The van der Waals surface area contributed by atoms with E-state index in [0.717, 1.165) is 29.8 Å². The van der Waals surface area contributed by atoms with E-state index in [1.54, 1.807) is 11.3 Å². The summed E-state index contributed by atoms with van der Waals surface area (Å²) >= 11 is 1.71. The summed E-state index contributed by atoms with van der Waals surface area (Å²) in [7, 11) is 1.43. The maximum absolute atomic E-state index is 12.3. The van der Waals surface area contributed by atoms with E-state index in [9.17, 15) is 4.79 Å². The van der Waals surface area contributed by atoms with Crippen LogP contribution in [-0.4, -0.2) is 38.3 Å². The van der Waals surface area contributed by atoms with Gasteiger partial charge in [0.25, 0.3) is 0 Å². The molecule has 0 spiro atoms. The topological polar surface area (TPSA) is 85.7 Å². The number of rotatable bonds is 8. The molecule has 5 rings (SSSR count). The van der Waals surface area contributed by atoms with Gasteiger partial charge in [-0.25, -0.2) is 4.79 Å². The molecule has 1 aliphatic rings. The van der Waals surface area contributed by atoms with Gasteiger partial charge < -0.3 is 9.30 Å². The molecule has 8 heteroatoms. The number of carbonyl (C=O) groups excluding carboxylic acids is 1. The van der Waals surface area contributed by atoms with Gasteiger partial charge in [-0.3, -0.25) is 0 Å². The fraction of sp³-hybridized carbons (Fsp3) is 0.440. The van der Waals surface area contributed by atoms with E-state index in [0.29, 0.717) is 17.8 Å². The average molecular weight is 464 g/mol. The summed E-state index contributed by atoms with van der Waals surface area (Å²) in [6, 6.07) is 8.12. The maximum atomic E-state index is 12.3. The number of ether oxygens (including phenoxy) is 1. The monoisotopic (exact) mass is 463 g/mol. The molecule has 1 aliphatic carbocycles. The van der Waals surface area contributed by atoms with Crippen LogP contribution < -0.4 is 0 Å². The Balaban J connectivity index is 1.60. The molecule has 1 aromatic carbocycles. The van der Waals surface area contributed by atoms with Crippen LogP contribution in [0, 0.1) is 5.92 Å². The largest absolute Gasteiger partial charge is 0.465 e. The third-order valence-electron chi connectivity index (χ3n) is 6.86. The standard InChI is InChI=1S/C25H29N5O2S/c1-32-25(31)18-8-10-22-21(15-18)20(9-7-17-5-3-2-4-6-17)24(19-12-14-33-16-19)30(22)13-11-23-26-28-29-27-23/h8,10,12,14-17H,2-7,9,11,13H2,1H3,(H,26,27,28,29). The number of benzene rings is 1. The molecule has 33 heavy (non-hydrogen) atoms. The minimum atomic E-state index is -0.299. The lowest BCUT2D eigenvalue weighted by Gasteiger charge is -2.21. The van der Waals surface area contributed by atoms with Crippen LogP contribution in [0.25, 0.3) is 22.2 Å². The molecule has 0 amide bonds. The van der Waals surface area contributed by atoms with Crippen LogP contribution in [0.3, 0.4) is 0 Å². The van der Waals surface area contributed by atoms with Gasteiger partial charge in [-0.15, -0.1) is 10.2 Å². The van der Waals surface area contributed by atoms with Crippen molar-refractivity contribution in [3.8, 4) is 11.3 Å².